The molecule has 4 N–H and O–H groups in total. The molecule has 2 unspecified atom stereocenters. The predicted molar refractivity (Wildman–Crippen MR) is 75.6 cm³/mol. The van der Waals surface area contributed by atoms with Gasteiger partial charge in [-0.25, -0.2) is 4.98 Å². The monoisotopic (exact) mass is 260 g/mol. The maximum Gasteiger partial charge on any atom is 0.121 e. The Labute approximate surface area is 112 Å². The van der Waals surface area contributed by atoms with Crippen molar-refractivity contribution < 1.29 is 5.11 Å². The summed E-state index contributed by atoms with van der Waals surface area (Å²) in [5, 5.41) is 9.62. The number of aliphatic hydroxyl groups is 1. The number of rotatable bonds is 3. The molecule has 0 aliphatic carbocycles. The number of hydrogen-bond acceptors (Lipinski definition) is 4. The average molecular weight is 260 g/mol. The minimum atomic E-state index is -0.222. The zero-order valence-electron chi connectivity index (χ0n) is 11.1. The predicted octanol–water partition coefficient (Wildman–Crippen LogP) is 1.35. The molecule has 3 rings (SSSR count). The number of aromatic nitrogens is 2. The van der Waals surface area contributed by atoms with E-state index in [9.17, 15) is 5.11 Å². The summed E-state index contributed by atoms with van der Waals surface area (Å²) >= 11 is 0. The molecule has 5 heteroatoms. The Hall–Kier alpha value is -1.59. The van der Waals surface area contributed by atoms with Crippen LogP contribution < -0.4 is 5.73 Å². The van der Waals surface area contributed by atoms with Gasteiger partial charge in [-0.3, -0.25) is 4.90 Å². The number of nitrogens with zero attached hydrogens (tertiary/aromatic N) is 2. The molecule has 2 atom stereocenters. The van der Waals surface area contributed by atoms with Crippen LogP contribution in [0.2, 0.25) is 0 Å². The van der Waals surface area contributed by atoms with E-state index in [2.05, 4.69) is 14.9 Å². The Balaban J connectivity index is 1.72. The van der Waals surface area contributed by atoms with E-state index in [4.69, 9.17) is 5.73 Å². The van der Waals surface area contributed by atoms with Crippen LogP contribution in [0.3, 0.4) is 0 Å². The van der Waals surface area contributed by atoms with Gasteiger partial charge in [-0.1, -0.05) is 0 Å². The number of anilines is 1. The number of likely N-dealkylation sites (tertiary alicyclic amines) is 1. The topological polar surface area (TPSA) is 78.2 Å². The first kappa shape index (κ1) is 12.4. The van der Waals surface area contributed by atoms with Crippen LogP contribution in [0.25, 0.3) is 11.0 Å². The minimum absolute atomic E-state index is 0.222. The van der Waals surface area contributed by atoms with Gasteiger partial charge in [0.1, 0.15) is 5.82 Å². The second-order valence-electron chi connectivity index (χ2n) is 5.48. The smallest absolute Gasteiger partial charge is 0.121 e. The van der Waals surface area contributed by atoms with E-state index >= 15 is 0 Å². The number of H-pyrrole nitrogens is 1. The summed E-state index contributed by atoms with van der Waals surface area (Å²) in [6, 6.07) is 5.72. The summed E-state index contributed by atoms with van der Waals surface area (Å²) < 4.78 is 0. The van der Waals surface area contributed by atoms with Gasteiger partial charge in [0, 0.05) is 12.2 Å². The van der Waals surface area contributed by atoms with Crippen LogP contribution in [0.1, 0.15) is 19.2 Å². The number of fused-ring (bicyclic) bond motifs is 1. The minimum Gasteiger partial charge on any atom is -0.399 e. The third kappa shape index (κ3) is 2.57. The van der Waals surface area contributed by atoms with Crippen LogP contribution in [0.4, 0.5) is 5.69 Å². The number of hydrogen-bond donors (Lipinski definition) is 3. The van der Waals surface area contributed by atoms with Crippen molar-refractivity contribution >= 4 is 16.7 Å². The second kappa shape index (κ2) is 4.83. The van der Waals surface area contributed by atoms with Gasteiger partial charge in [0.25, 0.3) is 0 Å². The van der Waals surface area contributed by atoms with Crippen molar-refractivity contribution in [3.8, 4) is 0 Å². The van der Waals surface area contributed by atoms with E-state index in [1.807, 2.05) is 25.1 Å². The van der Waals surface area contributed by atoms with Gasteiger partial charge in [-0.05, 0) is 44.0 Å². The number of nitrogens with one attached hydrogen (secondary N) is 1. The largest absolute Gasteiger partial charge is 0.399 e. The fraction of sp³-hybridized carbons (Fsp3) is 0.500. The van der Waals surface area contributed by atoms with Crippen LogP contribution in [0, 0.1) is 5.92 Å². The highest BCUT2D eigenvalue weighted by Gasteiger charge is 2.26. The fourth-order valence-electron chi connectivity index (χ4n) is 2.77. The van der Waals surface area contributed by atoms with E-state index in [0.29, 0.717) is 5.92 Å². The Morgan fingerprint density at radius 2 is 2.42 bits per heavy atom. The first-order chi connectivity index (χ1) is 9.11. The number of nitrogen functional groups attached to an aromatic ring is 1. The quantitative estimate of drug-likeness (QED) is 0.728. The molecule has 0 bridgehead atoms. The highest BCUT2D eigenvalue weighted by molar-refractivity contribution is 5.78. The molecule has 1 fully saturated rings. The van der Waals surface area contributed by atoms with Crippen molar-refractivity contribution in [3.05, 3.63) is 24.0 Å². The molecule has 0 saturated carbocycles. The molecule has 1 aromatic carbocycles. The van der Waals surface area contributed by atoms with E-state index < -0.39 is 0 Å². The van der Waals surface area contributed by atoms with Crippen LogP contribution in [0.15, 0.2) is 18.2 Å². The van der Waals surface area contributed by atoms with Crippen molar-refractivity contribution in [1.82, 2.24) is 14.9 Å². The molecule has 0 radical (unpaired) electrons. The van der Waals surface area contributed by atoms with E-state index in [1.165, 1.54) is 0 Å². The third-order valence-electron chi connectivity index (χ3n) is 3.92. The first-order valence-electron chi connectivity index (χ1n) is 6.76. The van der Waals surface area contributed by atoms with Gasteiger partial charge in [0.2, 0.25) is 0 Å². The van der Waals surface area contributed by atoms with Crippen LogP contribution >= 0.6 is 0 Å². The van der Waals surface area contributed by atoms with E-state index in [0.717, 1.165) is 48.6 Å². The van der Waals surface area contributed by atoms with E-state index in [1.54, 1.807) is 0 Å². The molecule has 1 aliphatic rings. The van der Waals surface area contributed by atoms with Gasteiger partial charge >= 0.3 is 0 Å². The third-order valence-corrected chi connectivity index (χ3v) is 3.92. The highest BCUT2D eigenvalue weighted by atomic mass is 16.3. The molecular weight excluding hydrogens is 240 g/mol. The number of aromatic amines is 1. The van der Waals surface area contributed by atoms with Gasteiger partial charge < -0.3 is 15.8 Å². The maximum atomic E-state index is 9.62. The molecule has 0 spiro atoms. The van der Waals surface area contributed by atoms with Crippen LogP contribution in [0.5, 0.6) is 0 Å². The zero-order valence-corrected chi connectivity index (χ0v) is 11.1. The van der Waals surface area contributed by atoms with Crippen molar-refractivity contribution in [2.45, 2.75) is 26.0 Å². The second-order valence-corrected chi connectivity index (χ2v) is 5.48. The number of benzene rings is 1. The summed E-state index contributed by atoms with van der Waals surface area (Å²) in [5.41, 5.74) is 8.45. The summed E-state index contributed by atoms with van der Waals surface area (Å²) in [6.45, 7) is 4.64. The summed E-state index contributed by atoms with van der Waals surface area (Å²) in [4.78, 5) is 10.2. The normalized spacial score (nSPS) is 22.1. The number of imidazole rings is 1. The summed E-state index contributed by atoms with van der Waals surface area (Å²) in [7, 11) is 0. The van der Waals surface area contributed by atoms with Crippen molar-refractivity contribution in [2.75, 3.05) is 18.8 Å². The molecule has 1 saturated heterocycles. The summed E-state index contributed by atoms with van der Waals surface area (Å²) in [6.07, 6.45) is 0.839. The van der Waals surface area contributed by atoms with Crippen molar-refractivity contribution in [3.63, 3.8) is 0 Å². The molecule has 2 aromatic rings. The molecular formula is C14H20N4O. The Morgan fingerprint density at radius 1 is 1.58 bits per heavy atom. The fourth-order valence-corrected chi connectivity index (χ4v) is 2.77. The average Bonchev–Trinajstić information content (AvgIpc) is 2.95. The molecule has 102 valence electrons. The van der Waals surface area contributed by atoms with Crippen molar-refractivity contribution in [1.29, 1.82) is 0 Å². The SMILES string of the molecule is CC(O)C1CCN(Cc2nc3ccc(N)cc3[nH]2)C1. The Bertz CT molecular complexity index is 578. The van der Waals surface area contributed by atoms with E-state index in [-0.39, 0.29) is 6.10 Å². The first-order valence-corrected chi connectivity index (χ1v) is 6.76. The highest BCUT2D eigenvalue weighted by Crippen LogP contribution is 2.22. The zero-order chi connectivity index (χ0) is 13.4. The molecule has 1 aliphatic heterocycles. The number of aliphatic hydroxyl groups excluding tert-OH is 1. The Morgan fingerprint density at radius 3 is 3.16 bits per heavy atom. The lowest BCUT2D eigenvalue weighted by Crippen LogP contribution is -2.24. The molecule has 0 amide bonds. The van der Waals surface area contributed by atoms with Gasteiger partial charge in [-0.15, -0.1) is 0 Å². The van der Waals surface area contributed by atoms with Crippen LogP contribution in [-0.2, 0) is 6.54 Å². The lowest BCUT2D eigenvalue weighted by atomic mass is 10.0. The van der Waals surface area contributed by atoms with Gasteiger partial charge in [0.05, 0.1) is 23.7 Å². The molecule has 1 aromatic heterocycles. The standard InChI is InChI=1S/C14H20N4O/c1-9(19)10-4-5-18(7-10)8-14-16-12-3-2-11(15)6-13(12)17-14/h2-3,6,9-10,19H,4-5,7-8,15H2,1H3,(H,16,17). The lowest BCUT2D eigenvalue weighted by molar-refractivity contribution is 0.127. The van der Waals surface area contributed by atoms with Gasteiger partial charge in [-0.2, -0.15) is 0 Å². The maximum absolute atomic E-state index is 9.62. The summed E-state index contributed by atoms with van der Waals surface area (Å²) in [5.74, 6) is 1.35. The number of nitrogens with two attached hydrogens (primary N) is 1. The van der Waals surface area contributed by atoms with Crippen molar-refractivity contribution in [2.24, 2.45) is 5.92 Å². The molecule has 19 heavy (non-hydrogen) atoms. The molecule has 2 heterocycles. The van der Waals surface area contributed by atoms with Gasteiger partial charge in [0.15, 0.2) is 0 Å². The molecule has 5 nitrogen and oxygen atoms in total. The van der Waals surface area contributed by atoms with Crippen LogP contribution in [-0.4, -0.2) is 39.2 Å². The Kier molecular flexibility index (Phi) is 3.16. The lowest BCUT2D eigenvalue weighted by Gasteiger charge is -2.15.